The molecule has 0 fully saturated rings. The Balaban J connectivity index is 0.00000106. The Morgan fingerprint density at radius 2 is 2.00 bits per heavy atom. The minimum atomic E-state index is -0.302. The third kappa shape index (κ3) is 5.56. The smallest absolute Gasteiger partial charge is 0.125 e. The summed E-state index contributed by atoms with van der Waals surface area (Å²) >= 11 is 0. The molecule has 0 aliphatic heterocycles. The number of hydrogen-bond acceptors (Lipinski definition) is 3. The molecular formula is C12H21FN2O. The minimum absolute atomic E-state index is 0.181. The van der Waals surface area contributed by atoms with E-state index in [0.717, 1.165) is 12.8 Å². The normalized spacial score (nSPS) is 9.25. The molecule has 16 heavy (non-hydrogen) atoms. The molecule has 0 saturated carbocycles. The Labute approximate surface area is 96.5 Å². The van der Waals surface area contributed by atoms with Gasteiger partial charge in [0.2, 0.25) is 0 Å². The molecule has 1 aromatic rings. The standard InChI is InChI=1S/C10H15FN2O.C2H6/c11-8-3-4-9(12)10(7-8)13-5-1-2-6-14;1-2/h3-4,7,13-14H,1-2,5-6,12H2;1-2H3. The van der Waals surface area contributed by atoms with Crippen LogP contribution in [-0.4, -0.2) is 18.3 Å². The first-order valence-corrected chi connectivity index (χ1v) is 5.64. The predicted molar refractivity (Wildman–Crippen MR) is 67.0 cm³/mol. The van der Waals surface area contributed by atoms with Gasteiger partial charge in [-0.3, -0.25) is 0 Å². The fraction of sp³-hybridized carbons (Fsp3) is 0.500. The average molecular weight is 228 g/mol. The molecule has 0 aliphatic rings. The van der Waals surface area contributed by atoms with Gasteiger partial charge in [0, 0.05) is 13.2 Å². The Morgan fingerprint density at radius 1 is 1.31 bits per heavy atom. The zero-order chi connectivity index (χ0) is 12.4. The van der Waals surface area contributed by atoms with Crippen molar-refractivity contribution in [3.8, 4) is 0 Å². The van der Waals surface area contributed by atoms with Gasteiger partial charge >= 0.3 is 0 Å². The number of rotatable bonds is 5. The van der Waals surface area contributed by atoms with E-state index in [1.54, 1.807) is 0 Å². The lowest BCUT2D eigenvalue weighted by Crippen LogP contribution is -2.05. The quantitative estimate of drug-likeness (QED) is 0.536. The summed E-state index contributed by atoms with van der Waals surface area (Å²) in [4.78, 5) is 0. The summed E-state index contributed by atoms with van der Waals surface area (Å²) in [5, 5.41) is 11.6. The Kier molecular flexibility index (Phi) is 8.25. The SMILES string of the molecule is CC.Nc1ccc(F)cc1NCCCCO. The average Bonchev–Trinajstić information content (AvgIpc) is 2.31. The van der Waals surface area contributed by atoms with Crippen LogP contribution in [0.3, 0.4) is 0 Å². The predicted octanol–water partition coefficient (Wildman–Crippen LogP) is 2.62. The molecule has 0 radical (unpaired) electrons. The maximum absolute atomic E-state index is 12.8. The fourth-order valence-electron chi connectivity index (χ4n) is 1.14. The molecule has 4 heteroatoms. The first-order valence-electron chi connectivity index (χ1n) is 5.64. The highest BCUT2D eigenvalue weighted by molar-refractivity contribution is 5.65. The number of nitrogens with two attached hydrogens (primary N) is 1. The van der Waals surface area contributed by atoms with Gasteiger partial charge in [-0.1, -0.05) is 13.8 Å². The van der Waals surface area contributed by atoms with E-state index in [4.69, 9.17) is 10.8 Å². The summed E-state index contributed by atoms with van der Waals surface area (Å²) in [6.45, 7) is 4.87. The number of nitrogens with one attached hydrogen (secondary N) is 1. The molecule has 0 bridgehead atoms. The highest BCUT2D eigenvalue weighted by atomic mass is 19.1. The van der Waals surface area contributed by atoms with Crippen molar-refractivity contribution in [2.24, 2.45) is 0 Å². The Morgan fingerprint density at radius 3 is 2.62 bits per heavy atom. The number of unbranched alkanes of at least 4 members (excludes halogenated alkanes) is 1. The molecule has 1 rings (SSSR count). The monoisotopic (exact) mass is 228 g/mol. The number of hydrogen-bond donors (Lipinski definition) is 3. The molecule has 0 spiro atoms. The molecule has 0 saturated heterocycles. The summed E-state index contributed by atoms with van der Waals surface area (Å²) < 4.78 is 12.8. The lowest BCUT2D eigenvalue weighted by molar-refractivity contribution is 0.286. The third-order valence-electron chi connectivity index (χ3n) is 1.92. The maximum Gasteiger partial charge on any atom is 0.125 e. The van der Waals surface area contributed by atoms with E-state index in [-0.39, 0.29) is 12.4 Å². The van der Waals surface area contributed by atoms with Crippen molar-refractivity contribution in [1.29, 1.82) is 0 Å². The molecule has 0 amide bonds. The summed E-state index contributed by atoms with van der Waals surface area (Å²) in [7, 11) is 0. The fourth-order valence-corrected chi connectivity index (χ4v) is 1.14. The van der Waals surface area contributed by atoms with E-state index in [1.165, 1.54) is 18.2 Å². The number of aliphatic hydroxyl groups is 1. The van der Waals surface area contributed by atoms with Crippen LogP contribution in [0.15, 0.2) is 18.2 Å². The molecule has 0 aromatic heterocycles. The zero-order valence-corrected chi connectivity index (χ0v) is 9.96. The van der Waals surface area contributed by atoms with Crippen LogP contribution < -0.4 is 11.1 Å². The van der Waals surface area contributed by atoms with Crippen molar-refractivity contribution >= 4 is 11.4 Å². The number of nitrogen functional groups attached to an aromatic ring is 1. The lowest BCUT2D eigenvalue weighted by atomic mass is 10.2. The van der Waals surface area contributed by atoms with Gasteiger partial charge in [0.1, 0.15) is 5.82 Å². The zero-order valence-electron chi connectivity index (χ0n) is 9.96. The van der Waals surface area contributed by atoms with E-state index >= 15 is 0 Å². The molecule has 0 unspecified atom stereocenters. The second-order valence-electron chi connectivity index (χ2n) is 3.09. The molecule has 0 atom stereocenters. The number of halogens is 1. The highest BCUT2D eigenvalue weighted by Crippen LogP contribution is 2.18. The van der Waals surface area contributed by atoms with Crippen molar-refractivity contribution in [2.45, 2.75) is 26.7 Å². The van der Waals surface area contributed by atoms with E-state index < -0.39 is 0 Å². The van der Waals surface area contributed by atoms with Gasteiger partial charge < -0.3 is 16.2 Å². The first kappa shape index (κ1) is 14.7. The van der Waals surface area contributed by atoms with Crippen LogP contribution in [0.4, 0.5) is 15.8 Å². The summed E-state index contributed by atoms with van der Waals surface area (Å²) in [6.07, 6.45) is 1.58. The van der Waals surface area contributed by atoms with Crippen molar-refractivity contribution in [1.82, 2.24) is 0 Å². The summed E-state index contributed by atoms with van der Waals surface area (Å²) in [5.41, 5.74) is 6.78. The maximum atomic E-state index is 12.8. The van der Waals surface area contributed by atoms with Crippen LogP contribution >= 0.6 is 0 Å². The van der Waals surface area contributed by atoms with E-state index in [2.05, 4.69) is 5.32 Å². The second-order valence-corrected chi connectivity index (χ2v) is 3.09. The molecule has 92 valence electrons. The Bertz CT molecular complexity index is 292. The molecule has 4 N–H and O–H groups in total. The van der Waals surface area contributed by atoms with E-state index in [9.17, 15) is 4.39 Å². The van der Waals surface area contributed by atoms with Gasteiger partial charge in [-0.25, -0.2) is 4.39 Å². The molecule has 0 heterocycles. The van der Waals surface area contributed by atoms with Crippen molar-refractivity contribution in [3.05, 3.63) is 24.0 Å². The minimum Gasteiger partial charge on any atom is -0.397 e. The van der Waals surface area contributed by atoms with Gasteiger partial charge in [-0.2, -0.15) is 0 Å². The third-order valence-corrected chi connectivity index (χ3v) is 1.92. The van der Waals surface area contributed by atoms with Crippen LogP contribution in [0.2, 0.25) is 0 Å². The van der Waals surface area contributed by atoms with Crippen LogP contribution in [0.5, 0.6) is 0 Å². The summed E-state index contributed by atoms with van der Waals surface area (Å²) in [5.74, 6) is -0.302. The number of aliphatic hydroxyl groups excluding tert-OH is 1. The van der Waals surface area contributed by atoms with Gasteiger partial charge in [0.15, 0.2) is 0 Å². The topological polar surface area (TPSA) is 58.3 Å². The second kappa shape index (κ2) is 8.97. The van der Waals surface area contributed by atoms with Crippen LogP contribution in [0.1, 0.15) is 26.7 Å². The molecule has 3 nitrogen and oxygen atoms in total. The molecular weight excluding hydrogens is 207 g/mol. The van der Waals surface area contributed by atoms with E-state index in [1.807, 2.05) is 13.8 Å². The van der Waals surface area contributed by atoms with Crippen LogP contribution in [0, 0.1) is 5.82 Å². The van der Waals surface area contributed by atoms with Crippen molar-refractivity contribution < 1.29 is 9.50 Å². The van der Waals surface area contributed by atoms with Gasteiger partial charge in [-0.15, -0.1) is 0 Å². The summed E-state index contributed by atoms with van der Waals surface area (Å²) in [6, 6.07) is 4.23. The largest absolute Gasteiger partial charge is 0.397 e. The van der Waals surface area contributed by atoms with E-state index in [0.29, 0.717) is 17.9 Å². The van der Waals surface area contributed by atoms with Gasteiger partial charge in [0.05, 0.1) is 11.4 Å². The van der Waals surface area contributed by atoms with Crippen LogP contribution in [-0.2, 0) is 0 Å². The number of benzene rings is 1. The lowest BCUT2D eigenvalue weighted by Gasteiger charge is -2.08. The van der Waals surface area contributed by atoms with Crippen molar-refractivity contribution in [2.75, 3.05) is 24.2 Å². The van der Waals surface area contributed by atoms with Gasteiger partial charge in [0.25, 0.3) is 0 Å². The highest BCUT2D eigenvalue weighted by Gasteiger charge is 1.99. The number of anilines is 2. The molecule has 0 aliphatic carbocycles. The first-order chi connectivity index (χ1) is 7.74. The Hall–Kier alpha value is -1.29. The van der Waals surface area contributed by atoms with Crippen LogP contribution in [0.25, 0.3) is 0 Å². The van der Waals surface area contributed by atoms with Crippen molar-refractivity contribution in [3.63, 3.8) is 0 Å². The van der Waals surface area contributed by atoms with Gasteiger partial charge in [-0.05, 0) is 31.0 Å². The molecule has 1 aromatic carbocycles.